The average molecular weight is 212 g/mol. The van der Waals surface area contributed by atoms with Gasteiger partial charge in [-0.25, -0.2) is 0 Å². The molecular weight excluding hydrogens is 196 g/mol. The summed E-state index contributed by atoms with van der Waals surface area (Å²) in [7, 11) is 0. The summed E-state index contributed by atoms with van der Waals surface area (Å²) in [5.74, 6) is 0. The van der Waals surface area contributed by atoms with E-state index in [1.165, 1.54) is 5.56 Å². The first-order valence-electron chi connectivity index (χ1n) is 5.73. The van der Waals surface area contributed by atoms with Gasteiger partial charge in [-0.1, -0.05) is 19.9 Å². The summed E-state index contributed by atoms with van der Waals surface area (Å²) in [4.78, 5) is 8.71. The Hall–Kier alpha value is -1.70. The lowest BCUT2D eigenvalue weighted by molar-refractivity contribution is 1.03. The van der Waals surface area contributed by atoms with Crippen LogP contribution in [0.15, 0.2) is 36.7 Å². The molecule has 0 saturated heterocycles. The highest BCUT2D eigenvalue weighted by atomic mass is 14.7. The van der Waals surface area contributed by atoms with Crippen LogP contribution in [0.4, 0.5) is 0 Å². The molecule has 82 valence electrons. The van der Waals surface area contributed by atoms with E-state index in [1.54, 1.807) is 0 Å². The van der Waals surface area contributed by atoms with Gasteiger partial charge in [-0.3, -0.25) is 9.97 Å². The fourth-order valence-electron chi connectivity index (χ4n) is 1.66. The van der Waals surface area contributed by atoms with Crippen molar-refractivity contribution < 1.29 is 0 Å². The molecule has 0 aromatic carbocycles. The smallest absolute Gasteiger partial charge is 0.0407 e. The number of rotatable bonds is 3. The van der Waals surface area contributed by atoms with Gasteiger partial charge in [-0.2, -0.15) is 0 Å². The van der Waals surface area contributed by atoms with Crippen molar-refractivity contribution in [3.8, 4) is 11.1 Å². The van der Waals surface area contributed by atoms with E-state index in [9.17, 15) is 0 Å². The lowest BCUT2D eigenvalue weighted by atomic mass is 10.1. The van der Waals surface area contributed by atoms with Crippen LogP contribution in [0.5, 0.6) is 0 Å². The summed E-state index contributed by atoms with van der Waals surface area (Å²) < 4.78 is 0. The SMILES string of the molecule is CCc1ccc(-c2ccnc(CC)c2)cn1. The molecule has 0 N–H and O–H groups in total. The van der Waals surface area contributed by atoms with E-state index in [1.807, 2.05) is 18.5 Å². The largest absolute Gasteiger partial charge is 0.261 e. The summed E-state index contributed by atoms with van der Waals surface area (Å²) in [6.07, 6.45) is 5.75. The second-order valence-electron chi connectivity index (χ2n) is 3.78. The van der Waals surface area contributed by atoms with Crippen molar-refractivity contribution in [3.05, 3.63) is 48.0 Å². The first-order valence-corrected chi connectivity index (χ1v) is 5.73. The van der Waals surface area contributed by atoms with Crippen molar-refractivity contribution in [1.29, 1.82) is 0 Å². The molecule has 2 nitrogen and oxygen atoms in total. The molecule has 0 aliphatic heterocycles. The molecule has 0 aliphatic carbocycles. The third kappa shape index (κ3) is 2.27. The van der Waals surface area contributed by atoms with E-state index >= 15 is 0 Å². The summed E-state index contributed by atoms with van der Waals surface area (Å²) >= 11 is 0. The molecule has 16 heavy (non-hydrogen) atoms. The van der Waals surface area contributed by atoms with Crippen molar-refractivity contribution >= 4 is 0 Å². The summed E-state index contributed by atoms with van der Waals surface area (Å²) in [6.45, 7) is 4.23. The zero-order valence-electron chi connectivity index (χ0n) is 9.77. The predicted molar refractivity (Wildman–Crippen MR) is 66.2 cm³/mol. The van der Waals surface area contributed by atoms with Gasteiger partial charge >= 0.3 is 0 Å². The quantitative estimate of drug-likeness (QED) is 0.780. The summed E-state index contributed by atoms with van der Waals surface area (Å²) in [6, 6.07) is 8.37. The van der Waals surface area contributed by atoms with Crippen molar-refractivity contribution in [3.63, 3.8) is 0 Å². The fraction of sp³-hybridized carbons (Fsp3) is 0.286. The van der Waals surface area contributed by atoms with Crippen LogP contribution in [0.3, 0.4) is 0 Å². The van der Waals surface area contributed by atoms with Crippen LogP contribution in [0.1, 0.15) is 25.2 Å². The Bertz CT molecular complexity index is 460. The molecule has 0 amide bonds. The Balaban J connectivity index is 2.34. The van der Waals surface area contributed by atoms with E-state index in [0.29, 0.717) is 0 Å². The Morgan fingerprint density at radius 2 is 1.69 bits per heavy atom. The third-order valence-electron chi connectivity index (χ3n) is 2.70. The minimum Gasteiger partial charge on any atom is -0.261 e. The predicted octanol–water partition coefficient (Wildman–Crippen LogP) is 3.27. The topological polar surface area (TPSA) is 25.8 Å². The third-order valence-corrected chi connectivity index (χ3v) is 2.70. The van der Waals surface area contributed by atoms with E-state index in [0.717, 1.165) is 29.8 Å². The molecule has 0 bridgehead atoms. The minimum absolute atomic E-state index is 0.967. The monoisotopic (exact) mass is 212 g/mol. The maximum absolute atomic E-state index is 4.41. The molecule has 2 aromatic rings. The fourth-order valence-corrected chi connectivity index (χ4v) is 1.66. The molecule has 0 saturated carbocycles. The van der Waals surface area contributed by atoms with Gasteiger partial charge in [0, 0.05) is 29.3 Å². The first kappa shape index (κ1) is 10.8. The number of pyridine rings is 2. The second-order valence-corrected chi connectivity index (χ2v) is 3.78. The zero-order chi connectivity index (χ0) is 11.4. The van der Waals surface area contributed by atoms with Gasteiger partial charge in [-0.15, -0.1) is 0 Å². The maximum atomic E-state index is 4.41. The molecule has 0 fully saturated rings. The number of aryl methyl sites for hydroxylation is 2. The van der Waals surface area contributed by atoms with Gasteiger partial charge in [0.05, 0.1) is 0 Å². The standard InChI is InChI=1S/C14H16N2/c1-3-13-6-5-12(10-16-13)11-7-8-15-14(4-2)9-11/h5-10H,3-4H2,1-2H3. The summed E-state index contributed by atoms with van der Waals surface area (Å²) in [5.41, 5.74) is 4.61. The molecule has 0 atom stereocenters. The van der Waals surface area contributed by atoms with Gasteiger partial charge in [-0.05, 0) is 36.6 Å². The van der Waals surface area contributed by atoms with Crippen LogP contribution in [0.2, 0.25) is 0 Å². The Morgan fingerprint density at radius 1 is 0.875 bits per heavy atom. The van der Waals surface area contributed by atoms with Crippen molar-refractivity contribution in [2.75, 3.05) is 0 Å². The van der Waals surface area contributed by atoms with Crippen molar-refractivity contribution in [2.45, 2.75) is 26.7 Å². The zero-order valence-corrected chi connectivity index (χ0v) is 9.77. The van der Waals surface area contributed by atoms with Gasteiger partial charge in [0.2, 0.25) is 0 Å². The lowest BCUT2D eigenvalue weighted by Crippen LogP contribution is -1.89. The van der Waals surface area contributed by atoms with E-state index in [2.05, 4.69) is 42.0 Å². The number of nitrogens with zero attached hydrogens (tertiary/aromatic N) is 2. The Kier molecular flexibility index (Phi) is 3.30. The van der Waals surface area contributed by atoms with Crippen LogP contribution in [-0.4, -0.2) is 9.97 Å². The van der Waals surface area contributed by atoms with Gasteiger partial charge in [0.25, 0.3) is 0 Å². The molecule has 0 spiro atoms. The number of aromatic nitrogens is 2. The van der Waals surface area contributed by atoms with E-state index < -0.39 is 0 Å². The lowest BCUT2D eigenvalue weighted by Gasteiger charge is -2.03. The number of hydrogen-bond acceptors (Lipinski definition) is 2. The highest BCUT2D eigenvalue weighted by Gasteiger charge is 2.00. The van der Waals surface area contributed by atoms with Gasteiger partial charge < -0.3 is 0 Å². The minimum atomic E-state index is 0.967. The molecule has 0 unspecified atom stereocenters. The normalized spacial score (nSPS) is 10.4. The first-order chi connectivity index (χ1) is 7.83. The van der Waals surface area contributed by atoms with Crippen molar-refractivity contribution in [1.82, 2.24) is 9.97 Å². The molecule has 2 heterocycles. The molecule has 2 aromatic heterocycles. The molecule has 0 radical (unpaired) electrons. The Labute approximate surface area is 96.4 Å². The van der Waals surface area contributed by atoms with Crippen LogP contribution in [0.25, 0.3) is 11.1 Å². The highest BCUT2D eigenvalue weighted by molar-refractivity contribution is 5.62. The van der Waals surface area contributed by atoms with E-state index in [-0.39, 0.29) is 0 Å². The van der Waals surface area contributed by atoms with Crippen LogP contribution < -0.4 is 0 Å². The summed E-state index contributed by atoms with van der Waals surface area (Å²) in [5, 5.41) is 0. The van der Waals surface area contributed by atoms with Crippen LogP contribution in [-0.2, 0) is 12.8 Å². The second kappa shape index (κ2) is 4.88. The Morgan fingerprint density at radius 3 is 2.31 bits per heavy atom. The molecular formula is C14H16N2. The average Bonchev–Trinajstić information content (AvgIpc) is 2.39. The van der Waals surface area contributed by atoms with Crippen LogP contribution >= 0.6 is 0 Å². The van der Waals surface area contributed by atoms with Gasteiger partial charge in [0.15, 0.2) is 0 Å². The van der Waals surface area contributed by atoms with Gasteiger partial charge in [0.1, 0.15) is 0 Å². The molecule has 0 aliphatic rings. The number of hydrogen-bond donors (Lipinski definition) is 0. The molecule has 2 heteroatoms. The molecule has 2 rings (SSSR count). The van der Waals surface area contributed by atoms with E-state index in [4.69, 9.17) is 0 Å². The maximum Gasteiger partial charge on any atom is 0.0407 e. The van der Waals surface area contributed by atoms with Crippen molar-refractivity contribution in [2.24, 2.45) is 0 Å². The van der Waals surface area contributed by atoms with Crippen LogP contribution in [0, 0.1) is 0 Å². The highest BCUT2D eigenvalue weighted by Crippen LogP contribution is 2.18.